The van der Waals surface area contributed by atoms with E-state index in [9.17, 15) is 24.5 Å². The number of fused-ring (bicyclic) bond motifs is 1. The second kappa shape index (κ2) is 6.80. The molecule has 0 fully saturated rings. The minimum atomic E-state index is -0.681. The first-order valence-corrected chi connectivity index (χ1v) is 8.78. The van der Waals surface area contributed by atoms with Gasteiger partial charge < -0.3 is 5.32 Å². The molecule has 9 nitrogen and oxygen atoms in total. The number of amides is 1. The molecule has 1 amide bonds. The average Bonchev–Trinajstić information content (AvgIpc) is 2.87. The highest BCUT2D eigenvalue weighted by molar-refractivity contribution is 7.18. The molecule has 1 aromatic carbocycles. The first kappa shape index (κ1) is 18.5. The Labute approximate surface area is 156 Å². The van der Waals surface area contributed by atoms with Crippen molar-refractivity contribution in [1.82, 2.24) is 9.55 Å². The zero-order valence-electron chi connectivity index (χ0n) is 14.8. The van der Waals surface area contributed by atoms with Gasteiger partial charge in [0.2, 0.25) is 5.91 Å². The van der Waals surface area contributed by atoms with Crippen molar-refractivity contribution in [3.05, 3.63) is 65.2 Å². The van der Waals surface area contributed by atoms with Crippen molar-refractivity contribution in [3.63, 3.8) is 0 Å². The second-order valence-corrected chi connectivity index (χ2v) is 7.34. The number of nitrogens with zero attached hydrogens (tertiary/aromatic N) is 2. The van der Waals surface area contributed by atoms with Gasteiger partial charge in [-0.25, -0.2) is 4.79 Å². The Bertz CT molecular complexity index is 1200. The van der Waals surface area contributed by atoms with E-state index in [1.54, 1.807) is 13.8 Å². The summed E-state index contributed by atoms with van der Waals surface area (Å²) in [5, 5.41) is 13.8. The molecular weight excluding hydrogens is 372 g/mol. The lowest BCUT2D eigenvalue weighted by Crippen LogP contribution is -2.38. The molecule has 2 aromatic heterocycles. The molecule has 0 aliphatic carbocycles. The number of nitro groups is 1. The number of benzene rings is 1. The highest BCUT2D eigenvalue weighted by Gasteiger charge is 2.17. The van der Waals surface area contributed by atoms with Crippen LogP contribution in [0.15, 0.2) is 27.8 Å². The second-order valence-electron chi connectivity index (χ2n) is 6.11. The average molecular weight is 388 g/mol. The van der Waals surface area contributed by atoms with E-state index in [0.717, 1.165) is 15.0 Å². The highest BCUT2D eigenvalue weighted by Crippen LogP contribution is 2.25. The van der Waals surface area contributed by atoms with Gasteiger partial charge in [-0.1, -0.05) is 6.07 Å². The number of carbonyl (C=O) groups excluding carboxylic acids is 1. The van der Waals surface area contributed by atoms with E-state index in [0.29, 0.717) is 15.8 Å². The van der Waals surface area contributed by atoms with E-state index in [2.05, 4.69) is 10.3 Å². The van der Waals surface area contributed by atoms with Crippen molar-refractivity contribution in [1.29, 1.82) is 0 Å². The van der Waals surface area contributed by atoms with Gasteiger partial charge in [-0.3, -0.25) is 29.3 Å². The minimum Gasteiger partial charge on any atom is -0.324 e. The van der Waals surface area contributed by atoms with E-state index in [-0.39, 0.29) is 11.4 Å². The zero-order chi connectivity index (χ0) is 19.9. The molecule has 10 heteroatoms. The molecule has 0 aliphatic heterocycles. The Balaban J connectivity index is 1.94. The van der Waals surface area contributed by atoms with Gasteiger partial charge in [0.25, 0.3) is 11.2 Å². The van der Waals surface area contributed by atoms with Crippen LogP contribution in [0.4, 0.5) is 11.4 Å². The number of nitrogens with one attached hydrogen (secondary N) is 2. The molecule has 0 aliphatic rings. The van der Waals surface area contributed by atoms with Gasteiger partial charge in [0.05, 0.1) is 16.0 Å². The molecular formula is C17H16N4O5S. The first-order valence-electron chi connectivity index (χ1n) is 7.96. The van der Waals surface area contributed by atoms with E-state index in [4.69, 9.17) is 0 Å². The SMILES string of the molecule is Cc1ccc([N+](=O)[O-])cc1NC(=O)Cn1c(=O)[nH]c2sc(C)c(C)c2c1=O. The van der Waals surface area contributed by atoms with Crippen molar-refractivity contribution in [3.8, 4) is 0 Å². The Hall–Kier alpha value is -3.27. The predicted molar refractivity (Wildman–Crippen MR) is 103 cm³/mol. The van der Waals surface area contributed by atoms with Crippen LogP contribution in [0, 0.1) is 30.9 Å². The summed E-state index contributed by atoms with van der Waals surface area (Å²) < 4.78 is 0.823. The lowest BCUT2D eigenvalue weighted by molar-refractivity contribution is -0.384. The summed E-state index contributed by atoms with van der Waals surface area (Å²) in [6, 6.07) is 4.07. The van der Waals surface area contributed by atoms with Crippen LogP contribution >= 0.6 is 11.3 Å². The summed E-state index contributed by atoms with van der Waals surface area (Å²) >= 11 is 1.31. The minimum absolute atomic E-state index is 0.170. The summed E-state index contributed by atoms with van der Waals surface area (Å²) in [6.45, 7) is 4.81. The van der Waals surface area contributed by atoms with Gasteiger partial charge in [-0.15, -0.1) is 11.3 Å². The number of aryl methyl sites for hydroxylation is 3. The standard InChI is InChI=1S/C17H16N4O5S/c1-8-4-5-11(21(25)26)6-12(8)18-13(22)7-20-16(23)14-9(2)10(3)27-15(14)19-17(20)24/h4-6H,7H2,1-3H3,(H,18,22)(H,19,24). The van der Waals surface area contributed by atoms with Crippen LogP contribution < -0.4 is 16.6 Å². The molecule has 3 aromatic rings. The van der Waals surface area contributed by atoms with Crippen molar-refractivity contribution in [2.24, 2.45) is 0 Å². The summed E-state index contributed by atoms with van der Waals surface area (Å²) in [7, 11) is 0. The van der Waals surface area contributed by atoms with E-state index >= 15 is 0 Å². The van der Waals surface area contributed by atoms with Gasteiger partial charge in [-0.05, 0) is 31.9 Å². The van der Waals surface area contributed by atoms with Crippen molar-refractivity contribution >= 4 is 38.8 Å². The number of nitro benzene ring substituents is 1. The number of anilines is 1. The van der Waals surface area contributed by atoms with Crippen LogP contribution in [0.25, 0.3) is 10.2 Å². The number of H-pyrrole nitrogens is 1. The Morgan fingerprint density at radius 3 is 2.67 bits per heavy atom. The normalized spacial score (nSPS) is 10.9. The highest BCUT2D eigenvalue weighted by atomic mass is 32.1. The largest absolute Gasteiger partial charge is 0.329 e. The third-order valence-electron chi connectivity index (χ3n) is 4.32. The molecule has 3 rings (SSSR count). The number of aromatic nitrogens is 2. The van der Waals surface area contributed by atoms with Gasteiger partial charge in [0.15, 0.2) is 0 Å². The molecule has 2 N–H and O–H groups in total. The summed E-state index contributed by atoms with van der Waals surface area (Å²) in [4.78, 5) is 51.6. The topological polar surface area (TPSA) is 127 Å². The lowest BCUT2D eigenvalue weighted by atomic mass is 10.2. The van der Waals surface area contributed by atoms with Crippen molar-refractivity contribution in [2.75, 3.05) is 5.32 Å². The summed E-state index contributed by atoms with van der Waals surface area (Å²) in [6.07, 6.45) is 0. The number of hydrogen-bond acceptors (Lipinski definition) is 6. The number of rotatable bonds is 4. The fourth-order valence-electron chi connectivity index (χ4n) is 2.70. The van der Waals surface area contributed by atoms with Crippen LogP contribution in [-0.4, -0.2) is 20.4 Å². The monoisotopic (exact) mass is 388 g/mol. The molecule has 0 atom stereocenters. The third-order valence-corrected chi connectivity index (χ3v) is 5.44. The maximum Gasteiger partial charge on any atom is 0.329 e. The molecule has 0 saturated heterocycles. The fraction of sp³-hybridized carbons (Fsp3) is 0.235. The maximum absolute atomic E-state index is 12.7. The molecule has 0 saturated carbocycles. The van der Waals surface area contributed by atoms with E-state index < -0.39 is 28.6 Å². The van der Waals surface area contributed by atoms with Crippen LogP contribution in [0.3, 0.4) is 0 Å². The van der Waals surface area contributed by atoms with Crippen molar-refractivity contribution in [2.45, 2.75) is 27.3 Å². The van der Waals surface area contributed by atoms with E-state index in [1.807, 2.05) is 6.92 Å². The molecule has 0 bridgehead atoms. The number of aromatic amines is 1. The summed E-state index contributed by atoms with van der Waals surface area (Å²) in [5.74, 6) is -0.629. The van der Waals surface area contributed by atoms with Gasteiger partial charge >= 0.3 is 5.69 Å². The lowest BCUT2D eigenvalue weighted by Gasteiger charge is -2.09. The summed E-state index contributed by atoms with van der Waals surface area (Å²) in [5.41, 5.74) is 0.245. The number of thiophene rings is 1. The number of hydrogen-bond donors (Lipinski definition) is 2. The Kier molecular flexibility index (Phi) is 4.66. The third kappa shape index (κ3) is 3.38. The van der Waals surface area contributed by atoms with Gasteiger partial charge in [0, 0.05) is 17.0 Å². The first-order chi connectivity index (χ1) is 12.7. The Morgan fingerprint density at radius 2 is 2.00 bits per heavy atom. The quantitative estimate of drug-likeness (QED) is 0.523. The van der Waals surface area contributed by atoms with Crippen LogP contribution in [0.2, 0.25) is 0 Å². The van der Waals surface area contributed by atoms with Crippen LogP contribution in [0.5, 0.6) is 0 Å². The smallest absolute Gasteiger partial charge is 0.324 e. The molecule has 27 heavy (non-hydrogen) atoms. The molecule has 0 spiro atoms. The zero-order valence-corrected chi connectivity index (χ0v) is 15.6. The molecule has 140 valence electrons. The maximum atomic E-state index is 12.7. The van der Waals surface area contributed by atoms with Gasteiger partial charge in [0.1, 0.15) is 11.4 Å². The predicted octanol–water partition coefficient (Wildman–Crippen LogP) is 2.22. The van der Waals surface area contributed by atoms with Crippen LogP contribution in [0.1, 0.15) is 16.0 Å². The number of carbonyl (C=O) groups is 1. The van der Waals surface area contributed by atoms with Crippen LogP contribution in [-0.2, 0) is 11.3 Å². The van der Waals surface area contributed by atoms with Gasteiger partial charge in [-0.2, -0.15) is 0 Å². The number of non-ortho nitro benzene ring substituents is 1. The molecule has 0 radical (unpaired) electrons. The molecule has 2 heterocycles. The molecule has 0 unspecified atom stereocenters. The van der Waals surface area contributed by atoms with E-state index in [1.165, 1.54) is 29.5 Å². The fourth-order valence-corrected chi connectivity index (χ4v) is 3.74. The van der Waals surface area contributed by atoms with Crippen molar-refractivity contribution < 1.29 is 9.72 Å². The Morgan fingerprint density at radius 1 is 1.30 bits per heavy atom.